The van der Waals surface area contributed by atoms with Crippen LogP contribution in [0.2, 0.25) is 10.0 Å². The summed E-state index contributed by atoms with van der Waals surface area (Å²) in [5.74, 6) is 0. The van der Waals surface area contributed by atoms with Crippen LogP contribution in [0.15, 0.2) is 21.4 Å². The molecule has 18 heavy (non-hydrogen) atoms. The van der Waals surface area contributed by atoms with Crippen LogP contribution in [-0.2, 0) is 0 Å². The molecule has 0 unspecified atom stereocenters. The monoisotopic (exact) mass is 321 g/mol. The van der Waals surface area contributed by atoms with Crippen LogP contribution in [0, 0.1) is 17.0 Å². The van der Waals surface area contributed by atoms with Crippen molar-refractivity contribution in [2.24, 2.45) is 0 Å². The highest BCUT2D eigenvalue weighted by atomic mass is 35.5. The average Bonchev–Trinajstić information content (AvgIpc) is 2.68. The molecule has 94 valence electrons. The molecule has 0 N–H and O–H groups in total. The van der Waals surface area contributed by atoms with E-state index >= 15 is 0 Å². The summed E-state index contributed by atoms with van der Waals surface area (Å²) in [6, 6.07) is 2.70. The molecule has 0 radical (unpaired) electrons. The van der Waals surface area contributed by atoms with Crippen LogP contribution in [0.1, 0.15) is 5.01 Å². The van der Waals surface area contributed by atoms with Gasteiger partial charge < -0.3 is 0 Å². The van der Waals surface area contributed by atoms with Gasteiger partial charge in [-0.15, -0.1) is 10.2 Å². The second kappa shape index (κ2) is 5.40. The number of halogens is 2. The van der Waals surface area contributed by atoms with E-state index in [0.717, 1.165) is 16.8 Å². The van der Waals surface area contributed by atoms with Crippen LogP contribution >= 0.6 is 46.3 Å². The van der Waals surface area contributed by atoms with Gasteiger partial charge in [-0.2, -0.15) is 0 Å². The van der Waals surface area contributed by atoms with E-state index in [1.807, 2.05) is 6.92 Å². The first-order valence-electron chi connectivity index (χ1n) is 4.59. The second-order valence-electron chi connectivity index (χ2n) is 3.18. The predicted octanol–water partition coefficient (Wildman–Crippen LogP) is 4.21. The lowest BCUT2D eigenvalue weighted by molar-refractivity contribution is -0.387. The standard InChI is InChI=1S/C9H5Cl2N3O2S2/c1-4-12-13-9(17-4)18-8-3-6(11)5(10)2-7(8)14(15)16/h2-3H,1H3. The minimum atomic E-state index is -0.502. The van der Waals surface area contributed by atoms with Crippen LogP contribution < -0.4 is 0 Å². The number of benzene rings is 1. The van der Waals surface area contributed by atoms with Gasteiger partial charge in [-0.25, -0.2) is 0 Å². The van der Waals surface area contributed by atoms with Crippen LogP contribution in [0.4, 0.5) is 5.69 Å². The maximum Gasteiger partial charge on any atom is 0.284 e. The number of nitro benzene ring substituents is 1. The second-order valence-corrected chi connectivity index (χ2v) is 6.47. The van der Waals surface area contributed by atoms with Crippen molar-refractivity contribution in [1.82, 2.24) is 10.2 Å². The molecule has 1 heterocycles. The van der Waals surface area contributed by atoms with E-state index in [-0.39, 0.29) is 15.7 Å². The predicted molar refractivity (Wildman–Crippen MR) is 71.9 cm³/mol. The number of hydrogen-bond acceptors (Lipinski definition) is 6. The third-order valence-corrected chi connectivity index (χ3v) is 4.56. The van der Waals surface area contributed by atoms with Gasteiger partial charge in [-0.05, 0) is 13.0 Å². The maximum absolute atomic E-state index is 10.9. The van der Waals surface area contributed by atoms with Crippen molar-refractivity contribution in [2.75, 3.05) is 0 Å². The Bertz CT molecular complexity index is 618. The van der Waals surface area contributed by atoms with Gasteiger partial charge >= 0.3 is 0 Å². The van der Waals surface area contributed by atoms with Crippen molar-refractivity contribution >= 4 is 52.0 Å². The third kappa shape index (κ3) is 2.92. The molecule has 1 aromatic heterocycles. The maximum atomic E-state index is 10.9. The smallest absolute Gasteiger partial charge is 0.258 e. The highest BCUT2D eigenvalue weighted by molar-refractivity contribution is 8.01. The Morgan fingerprint density at radius 3 is 2.56 bits per heavy atom. The molecule has 2 rings (SSSR count). The van der Waals surface area contributed by atoms with Crippen LogP contribution in [0.5, 0.6) is 0 Å². The first-order valence-corrected chi connectivity index (χ1v) is 6.97. The zero-order chi connectivity index (χ0) is 13.3. The minimum absolute atomic E-state index is 0.0951. The Morgan fingerprint density at radius 2 is 2.00 bits per heavy atom. The highest BCUT2D eigenvalue weighted by Gasteiger charge is 2.19. The molecule has 0 saturated carbocycles. The number of rotatable bonds is 3. The molecule has 0 fully saturated rings. The molecule has 0 aliphatic carbocycles. The molecule has 0 aliphatic heterocycles. The summed E-state index contributed by atoms with van der Waals surface area (Å²) in [6.07, 6.45) is 0. The van der Waals surface area contributed by atoms with Crippen molar-refractivity contribution < 1.29 is 4.92 Å². The molecule has 2 aromatic rings. The van der Waals surface area contributed by atoms with Crippen molar-refractivity contribution in [2.45, 2.75) is 16.2 Å². The Balaban J connectivity index is 2.42. The number of aryl methyl sites for hydroxylation is 1. The summed E-state index contributed by atoms with van der Waals surface area (Å²) >= 11 is 14.1. The molecule has 1 aromatic carbocycles. The molecule has 0 bridgehead atoms. The molecule has 0 atom stereocenters. The van der Waals surface area contributed by atoms with Gasteiger partial charge in [0.25, 0.3) is 5.69 Å². The third-order valence-electron chi connectivity index (χ3n) is 1.90. The van der Waals surface area contributed by atoms with E-state index in [0.29, 0.717) is 9.24 Å². The van der Waals surface area contributed by atoms with Gasteiger partial charge in [0.1, 0.15) is 5.01 Å². The minimum Gasteiger partial charge on any atom is -0.258 e. The lowest BCUT2D eigenvalue weighted by atomic mass is 10.3. The Labute approximate surface area is 120 Å². The molecule has 9 heteroatoms. The van der Waals surface area contributed by atoms with Crippen molar-refractivity contribution in [3.05, 3.63) is 37.3 Å². The number of aromatic nitrogens is 2. The fraction of sp³-hybridized carbons (Fsp3) is 0.111. The van der Waals surface area contributed by atoms with E-state index < -0.39 is 4.92 Å². The zero-order valence-corrected chi connectivity index (χ0v) is 12.0. The molecule has 0 amide bonds. The summed E-state index contributed by atoms with van der Waals surface area (Å²) in [7, 11) is 0. The van der Waals surface area contributed by atoms with E-state index in [2.05, 4.69) is 10.2 Å². The molecular weight excluding hydrogens is 317 g/mol. The summed E-state index contributed by atoms with van der Waals surface area (Å²) in [5, 5.41) is 19.9. The topological polar surface area (TPSA) is 68.9 Å². The summed E-state index contributed by atoms with van der Waals surface area (Å²) in [4.78, 5) is 10.8. The first kappa shape index (κ1) is 13.5. The van der Waals surface area contributed by atoms with Crippen LogP contribution in [-0.4, -0.2) is 15.1 Å². The molecule has 0 aliphatic rings. The van der Waals surface area contributed by atoms with Gasteiger partial charge in [0.15, 0.2) is 4.34 Å². The van der Waals surface area contributed by atoms with Gasteiger partial charge in [0, 0.05) is 6.07 Å². The fourth-order valence-corrected chi connectivity index (χ4v) is 3.44. The van der Waals surface area contributed by atoms with E-state index in [1.54, 1.807) is 0 Å². The normalized spacial score (nSPS) is 10.6. The largest absolute Gasteiger partial charge is 0.284 e. The van der Waals surface area contributed by atoms with Gasteiger partial charge in [0.2, 0.25) is 0 Å². The molecule has 5 nitrogen and oxygen atoms in total. The lowest BCUT2D eigenvalue weighted by Gasteiger charge is -2.02. The Hall–Kier alpha value is -0.890. The van der Waals surface area contributed by atoms with E-state index in [1.165, 1.54) is 23.5 Å². The summed E-state index contributed by atoms with van der Waals surface area (Å²) < 4.78 is 0.619. The molecule has 0 saturated heterocycles. The summed E-state index contributed by atoms with van der Waals surface area (Å²) in [5.41, 5.74) is -0.0951. The van der Waals surface area contributed by atoms with Gasteiger partial charge in [-0.3, -0.25) is 10.1 Å². The van der Waals surface area contributed by atoms with Crippen LogP contribution in [0.25, 0.3) is 0 Å². The van der Waals surface area contributed by atoms with E-state index in [9.17, 15) is 10.1 Å². The van der Waals surface area contributed by atoms with Crippen LogP contribution in [0.3, 0.4) is 0 Å². The quantitative estimate of drug-likeness (QED) is 0.625. The zero-order valence-electron chi connectivity index (χ0n) is 8.89. The summed E-state index contributed by atoms with van der Waals surface area (Å²) in [6.45, 7) is 1.81. The first-order chi connectivity index (χ1) is 8.47. The highest BCUT2D eigenvalue weighted by Crippen LogP contribution is 2.40. The average molecular weight is 322 g/mol. The Kier molecular flexibility index (Phi) is 4.06. The SMILES string of the molecule is Cc1nnc(Sc2cc(Cl)c(Cl)cc2[N+](=O)[O-])s1. The molecular formula is C9H5Cl2N3O2S2. The van der Waals surface area contributed by atoms with Crippen molar-refractivity contribution in [3.63, 3.8) is 0 Å². The van der Waals surface area contributed by atoms with Gasteiger partial charge in [0.05, 0.1) is 19.9 Å². The van der Waals surface area contributed by atoms with Gasteiger partial charge in [-0.1, -0.05) is 46.3 Å². The van der Waals surface area contributed by atoms with Crippen molar-refractivity contribution in [1.29, 1.82) is 0 Å². The number of nitro groups is 1. The fourth-order valence-electron chi connectivity index (χ4n) is 1.16. The van der Waals surface area contributed by atoms with Crippen molar-refractivity contribution in [3.8, 4) is 0 Å². The Morgan fingerprint density at radius 1 is 1.33 bits per heavy atom. The number of hydrogen-bond donors (Lipinski definition) is 0. The van der Waals surface area contributed by atoms with E-state index in [4.69, 9.17) is 23.2 Å². The number of nitrogens with zero attached hydrogens (tertiary/aromatic N) is 3. The molecule has 0 spiro atoms. The lowest BCUT2D eigenvalue weighted by Crippen LogP contribution is -1.91.